The molecular formula is C13H21N3O2. The van der Waals surface area contributed by atoms with E-state index in [1.807, 2.05) is 20.8 Å². The average molecular weight is 251 g/mol. The summed E-state index contributed by atoms with van der Waals surface area (Å²) < 4.78 is 5.51. The van der Waals surface area contributed by atoms with Crippen LogP contribution in [0.5, 0.6) is 0 Å². The van der Waals surface area contributed by atoms with E-state index in [-0.39, 0.29) is 11.5 Å². The lowest BCUT2D eigenvalue weighted by Crippen LogP contribution is -2.40. The topological polar surface area (TPSA) is 77.2 Å². The van der Waals surface area contributed by atoms with Crippen molar-refractivity contribution in [3.63, 3.8) is 0 Å². The third-order valence-electron chi connectivity index (χ3n) is 2.56. The number of anilines is 1. The molecule has 5 nitrogen and oxygen atoms in total. The molecule has 100 valence electrons. The van der Waals surface area contributed by atoms with Gasteiger partial charge in [-0.2, -0.15) is 0 Å². The van der Waals surface area contributed by atoms with Crippen molar-refractivity contribution >= 4 is 11.6 Å². The fourth-order valence-electron chi connectivity index (χ4n) is 1.61. The number of aromatic nitrogens is 1. The highest BCUT2D eigenvalue weighted by Gasteiger charge is 2.19. The normalized spacial score (nSPS) is 11.3. The Labute approximate surface area is 108 Å². The van der Waals surface area contributed by atoms with E-state index in [2.05, 4.69) is 10.3 Å². The number of carbonyl (C=O) groups is 1. The minimum Gasteiger partial charge on any atom is -0.397 e. The molecule has 0 atom stereocenters. The van der Waals surface area contributed by atoms with Crippen LogP contribution in [-0.4, -0.2) is 29.6 Å². The van der Waals surface area contributed by atoms with Crippen LogP contribution in [0.1, 0.15) is 36.8 Å². The number of nitrogen functional groups attached to an aromatic ring is 1. The Balaban J connectivity index is 2.69. The van der Waals surface area contributed by atoms with Crippen LogP contribution in [0.15, 0.2) is 12.3 Å². The lowest BCUT2D eigenvalue weighted by atomic mass is 10.1. The number of nitrogens with zero attached hydrogens (tertiary/aromatic N) is 1. The maximum absolute atomic E-state index is 12.0. The molecule has 0 radical (unpaired) electrons. The molecule has 0 aliphatic heterocycles. The van der Waals surface area contributed by atoms with Gasteiger partial charge in [0.2, 0.25) is 0 Å². The highest BCUT2D eigenvalue weighted by Crippen LogP contribution is 2.11. The van der Waals surface area contributed by atoms with Gasteiger partial charge >= 0.3 is 0 Å². The minimum atomic E-state index is -0.383. The van der Waals surface area contributed by atoms with Gasteiger partial charge in [-0.1, -0.05) is 0 Å². The van der Waals surface area contributed by atoms with Gasteiger partial charge in [0.25, 0.3) is 5.91 Å². The van der Waals surface area contributed by atoms with E-state index >= 15 is 0 Å². The molecule has 0 saturated heterocycles. The molecule has 1 heterocycles. The van der Waals surface area contributed by atoms with Gasteiger partial charge in [0, 0.05) is 13.2 Å². The SMILES string of the molecule is CCOC(C)(C)CNC(=O)c1cc(N)cnc1C. The van der Waals surface area contributed by atoms with Gasteiger partial charge in [-0.05, 0) is 33.8 Å². The van der Waals surface area contributed by atoms with Crippen LogP contribution in [0, 0.1) is 6.92 Å². The lowest BCUT2D eigenvalue weighted by molar-refractivity contribution is -0.00816. The van der Waals surface area contributed by atoms with Gasteiger partial charge in [-0.3, -0.25) is 9.78 Å². The van der Waals surface area contributed by atoms with E-state index in [9.17, 15) is 4.79 Å². The molecule has 18 heavy (non-hydrogen) atoms. The molecule has 0 aromatic carbocycles. The molecule has 0 saturated carbocycles. The fourth-order valence-corrected chi connectivity index (χ4v) is 1.61. The van der Waals surface area contributed by atoms with Gasteiger partial charge in [0.15, 0.2) is 0 Å². The minimum absolute atomic E-state index is 0.180. The summed E-state index contributed by atoms with van der Waals surface area (Å²) in [4.78, 5) is 16.1. The van der Waals surface area contributed by atoms with Crippen LogP contribution in [0.2, 0.25) is 0 Å². The molecule has 0 spiro atoms. The molecule has 0 aliphatic rings. The zero-order chi connectivity index (χ0) is 13.8. The van der Waals surface area contributed by atoms with Crippen molar-refractivity contribution in [1.29, 1.82) is 0 Å². The lowest BCUT2D eigenvalue weighted by Gasteiger charge is -2.25. The molecule has 5 heteroatoms. The molecule has 1 aromatic rings. The second-order valence-corrected chi connectivity index (χ2v) is 4.78. The number of pyridine rings is 1. The smallest absolute Gasteiger partial charge is 0.253 e. The summed E-state index contributed by atoms with van der Waals surface area (Å²) in [7, 11) is 0. The number of hydrogen-bond acceptors (Lipinski definition) is 4. The molecule has 1 rings (SSSR count). The van der Waals surface area contributed by atoms with E-state index in [0.29, 0.717) is 30.1 Å². The van der Waals surface area contributed by atoms with Gasteiger partial charge in [0.05, 0.1) is 28.7 Å². The first-order valence-corrected chi connectivity index (χ1v) is 6.00. The first-order chi connectivity index (χ1) is 8.35. The molecule has 0 unspecified atom stereocenters. The van der Waals surface area contributed by atoms with Crippen molar-refractivity contribution in [2.75, 3.05) is 18.9 Å². The average Bonchev–Trinajstić information content (AvgIpc) is 2.29. The van der Waals surface area contributed by atoms with E-state index in [1.165, 1.54) is 6.20 Å². The Bertz CT molecular complexity index is 430. The predicted octanol–water partition coefficient (Wildman–Crippen LogP) is 1.52. The van der Waals surface area contributed by atoms with Crippen LogP contribution < -0.4 is 11.1 Å². The molecule has 3 N–H and O–H groups in total. The number of nitrogens with two attached hydrogens (primary N) is 1. The third-order valence-corrected chi connectivity index (χ3v) is 2.56. The Morgan fingerprint density at radius 1 is 1.56 bits per heavy atom. The van der Waals surface area contributed by atoms with Crippen LogP contribution in [0.4, 0.5) is 5.69 Å². The Morgan fingerprint density at radius 2 is 2.22 bits per heavy atom. The molecule has 0 bridgehead atoms. The number of carbonyl (C=O) groups excluding carboxylic acids is 1. The summed E-state index contributed by atoms with van der Waals surface area (Å²) in [5.74, 6) is -0.180. The summed E-state index contributed by atoms with van der Waals surface area (Å²) in [5, 5.41) is 2.83. The maximum atomic E-state index is 12.0. The van der Waals surface area contributed by atoms with Crippen LogP contribution in [-0.2, 0) is 4.74 Å². The summed E-state index contributed by atoms with van der Waals surface area (Å²) in [6.07, 6.45) is 1.54. The Hall–Kier alpha value is -1.62. The number of ether oxygens (including phenoxy) is 1. The molecule has 1 amide bonds. The van der Waals surface area contributed by atoms with Crippen molar-refractivity contribution in [3.8, 4) is 0 Å². The van der Waals surface area contributed by atoms with Crippen molar-refractivity contribution in [1.82, 2.24) is 10.3 Å². The molecule has 0 aliphatic carbocycles. The van der Waals surface area contributed by atoms with Crippen molar-refractivity contribution < 1.29 is 9.53 Å². The van der Waals surface area contributed by atoms with Crippen LogP contribution in [0.3, 0.4) is 0 Å². The molecule has 0 fully saturated rings. The summed E-state index contributed by atoms with van der Waals surface area (Å²) >= 11 is 0. The summed E-state index contributed by atoms with van der Waals surface area (Å²) in [6, 6.07) is 1.63. The second kappa shape index (κ2) is 5.82. The van der Waals surface area contributed by atoms with E-state index in [1.54, 1.807) is 13.0 Å². The van der Waals surface area contributed by atoms with Gasteiger partial charge < -0.3 is 15.8 Å². The first kappa shape index (κ1) is 14.4. The third kappa shape index (κ3) is 4.00. The highest BCUT2D eigenvalue weighted by atomic mass is 16.5. The fraction of sp³-hybridized carbons (Fsp3) is 0.538. The number of rotatable bonds is 5. The standard InChI is InChI=1S/C13H21N3O2/c1-5-18-13(3,4)8-16-12(17)11-6-10(14)7-15-9(11)2/h6-7H,5,8,14H2,1-4H3,(H,16,17). The number of aryl methyl sites for hydroxylation is 1. The molecular weight excluding hydrogens is 230 g/mol. The second-order valence-electron chi connectivity index (χ2n) is 4.78. The van der Waals surface area contributed by atoms with E-state index in [4.69, 9.17) is 10.5 Å². The monoisotopic (exact) mass is 251 g/mol. The zero-order valence-electron chi connectivity index (χ0n) is 11.4. The molecule has 1 aromatic heterocycles. The van der Waals surface area contributed by atoms with E-state index < -0.39 is 0 Å². The first-order valence-electron chi connectivity index (χ1n) is 6.00. The predicted molar refractivity (Wildman–Crippen MR) is 71.4 cm³/mol. The maximum Gasteiger partial charge on any atom is 0.253 e. The van der Waals surface area contributed by atoms with Crippen molar-refractivity contribution in [3.05, 3.63) is 23.5 Å². The number of hydrogen-bond donors (Lipinski definition) is 2. The van der Waals surface area contributed by atoms with Gasteiger partial charge in [-0.15, -0.1) is 0 Å². The largest absolute Gasteiger partial charge is 0.397 e. The zero-order valence-corrected chi connectivity index (χ0v) is 11.4. The van der Waals surface area contributed by atoms with Crippen molar-refractivity contribution in [2.45, 2.75) is 33.3 Å². The van der Waals surface area contributed by atoms with Crippen LogP contribution >= 0.6 is 0 Å². The van der Waals surface area contributed by atoms with Gasteiger partial charge in [-0.25, -0.2) is 0 Å². The van der Waals surface area contributed by atoms with E-state index in [0.717, 1.165) is 0 Å². The van der Waals surface area contributed by atoms with Crippen LogP contribution in [0.25, 0.3) is 0 Å². The number of amides is 1. The summed E-state index contributed by atoms with van der Waals surface area (Å²) in [6.45, 7) is 8.62. The number of nitrogens with one attached hydrogen (secondary N) is 1. The summed E-state index contributed by atoms with van der Waals surface area (Å²) in [5.41, 5.74) is 6.89. The highest BCUT2D eigenvalue weighted by molar-refractivity contribution is 5.95. The van der Waals surface area contributed by atoms with Gasteiger partial charge in [0.1, 0.15) is 0 Å². The quantitative estimate of drug-likeness (QED) is 0.831. The van der Waals surface area contributed by atoms with Crippen molar-refractivity contribution in [2.24, 2.45) is 0 Å². The Kier molecular flexibility index (Phi) is 4.67. The Morgan fingerprint density at radius 3 is 2.83 bits per heavy atom.